The lowest BCUT2D eigenvalue weighted by molar-refractivity contribution is -0.124. The van der Waals surface area contributed by atoms with Crippen molar-refractivity contribution in [3.8, 4) is 0 Å². The molecular weight excluding hydrogens is 323 g/mol. The Morgan fingerprint density at radius 2 is 2.17 bits per heavy atom. The fourth-order valence-electron chi connectivity index (χ4n) is 2.58. The van der Waals surface area contributed by atoms with E-state index in [0.717, 1.165) is 11.0 Å². The number of hydrogen-bond acceptors (Lipinski definition) is 6. The minimum absolute atomic E-state index is 0.0697. The molecule has 1 saturated heterocycles. The molecular formula is C14H9FN4O5. The van der Waals surface area contributed by atoms with Crippen LogP contribution < -0.4 is 16.2 Å². The molecule has 1 aliphatic rings. The first kappa shape index (κ1) is 14.2. The van der Waals surface area contributed by atoms with Gasteiger partial charge in [0, 0.05) is 24.4 Å². The van der Waals surface area contributed by atoms with Crippen LogP contribution in [0.2, 0.25) is 0 Å². The fraction of sp³-hybridized carbons (Fsp3) is 0.143. The third kappa shape index (κ3) is 2.00. The van der Waals surface area contributed by atoms with Crippen molar-refractivity contribution in [2.75, 3.05) is 11.4 Å². The fourth-order valence-corrected chi connectivity index (χ4v) is 2.58. The number of ether oxygens (including phenoxy) is 1. The van der Waals surface area contributed by atoms with Crippen molar-refractivity contribution in [2.24, 2.45) is 5.73 Å². The molecule has 4 rings (SSSR count). The van der Waals surface area contributed by atoms with Crippen molar-refractivity contribution in [3.63, 3.8) is 0 Å². The number of benzene rings is 1. The Kier molecular flexibility index (Phi) is 2.82. The lowest BCUT2D eigenvalue weighted by Gasteiger charge is -2.12. The van der Waals surface area contributed by atoms with Gasteiger partial charge in [-0.25, -0.2) is 9.18 Å². The van der Waals surface area contributed by atoms with Crippen molar-refractivity contribution < 1.29 is 23.1 Å². The molecule has 2 aromatic heterocycles. The van der Waals surface area contributed by atoms with Gasteiger partial charge in [0.2, 0.25) is 0 Å². The molecule has 122 valence electrons. The van der Waals surface area contributed by atoms with Gasteiger partial charge in [0.25, 0.3) is 11.5 Å². The maximum atomic E-state index is 14.5. The molecule has 3 aromatic rings. The molecule has 1 aliphatic heterocycles. The topological polar surface area (TPSA) is 120 Å². The zero-order chi connectivity index (χ0) is 17.0. The maximum absolute atomic E-state index is 14.5. The highest BCUT2D eigenvalue weighted by atomic mass is 19.1. The number of halogens is 1. The van der Waals surface area contributed by atoms with Gasteiger partial charge in [-0.15, -0.1) is 0 Å². The summed E-state index contributed by atoms with van der Waals surface area (Å²) in [6.45, 7) is -0.130. The Hall–Kier alpha value is -3.43. The van der Waals surface area contributed by atoms with Crippen LogP contribution in [0.5, 0.6) is 0 Å². The molecule has 0 unspecified atom stereocenters. The molecule has 0 saturated carbocycles. The van der Waals surface area contributed by atoms with Gasteiger partial charge in [-0.3, -0.25) is 18.9 Å². The van der Waals surface area contributed by atoms with Crippen molar-refractivity contribution in [3.05, 3.63) is 40.6 Å². The van der Waals surface area contributed by atoms with Gasteiger partial charge in [-0.2, -0.15) is 4.98 Å². The van der Waals surface area contributed by atoms with E-state index in [1.54, 1.807) is 0 Å². The van der Waals surface area contributed by atoms with Gasteiger partial charge < -0.3 is 14.9 Å². The summed E-state index contributed by atoms with van der Waals surface area (Å²) in [6.07, 6.45) is -0.584. The van der Waals surface area contributed by atoms with Crippen LogP contribution in [-0.2, 0) is 9.53 Å². The number of cyclic esters (lactones) is 1. The highest BCUT2D eigenvalue weighted by Gasteiger charge is 2.36. The smallest absolute Gasteiger partial charge is 0.415 e. The Labute approximate surface area is 132 Å². The number of carbonyl (C=O) groups excluding carboxylic acids is 2. The molecule has 1 atom stereocenters. The quantitative estimate of drug-likeness (QED) is 0.725. The first-order chi connectivity index (χ1) is 11.4. The van der Waals surface area contributed by atoms with Gasteiger partial charge >= 0.3 is 11.9 Å². The lowest BCUT2D eigenvalue weighted by Crippen LogP contribution is -2.32. The summed E-state index contributed by atoms with van der Waals surface area (Å²) in [4.78, 5) is 39.0. The molecule has 0 bridgehead atoms. The van der Waals surface area contributed by atoms with Crippen LogP contribution in [0.15, 0.2) is 33.6 Å². The van der Waals surface area contributed by atoms with E-state index in [2.05, 4.69) is 4.98 Å². The van der Waals surface area contributed by atoms with E-state index in [4.69, 9.17) is 14.9 Å². The second-order valence-electron chi connectivity index (χ2n) is 5.18. The van der Waals surface area contributed by atoms with Crippen LogP contribution in [0.1, 0.15) is 0 Å². The van der Waals surface area contributed by atoms with Crippen LogP contribution in [0.4, 0.5) is 14.9 Å². The standard InChI is InChI=1S/C14H9FN4O5/c15-7-3-6(19-5-9(12(16)21)24-14(19)22)4-8-11(7)18-2-1-10(20)17-13(18)23-8/h1-4,9H,5H2,(H2,16,21)/t9-/m1/s1. The lowest BCUT2D eigenvalue weighted by atomic mass is 10.2. The summed E-state index contributed by atoms with van der Waals surface area (Å²) in [6, 6.07) is 3.66. The Morgan fingerprint density at radius 3 is 2.88 bits per heavy atom. The van der Waals surface area contributed by atoms with Gasteiger partial charge in [-0.1, -0.05) is 0 Å². The highest BCUT2D eigenvalue weighted by Crippen LogP contribution is 2.29. The summed E-state index contributed by atoms with van der Waals surface area (Å²) in [5.74, 6) is -1.56. The number of amides is 2. The maximum Gasteiger partial charge on any atom is 0.415 e. The van der Waals surface area contributed by atoms with E-state index in [9.17, 15) is 18.8 Å². The SMILES string of the molecule is NC(=O)[C@H]1CN(c2cc(F)c3c(c2)oc2nc(=O)ccn23)C(=O)O1. The van der Waals surface area contributed by atoms with Crippen LogP contribution in [0.25, 0.3) is 16.9 Å². The molecule has 10 heteroatoms. The second-order valence-corrected chi connectivity index (χ2v) is 5.18. The normalized spacial score (nSPS) is 17.6. The van der Waals surface area contributed by atoms with E-state index in [0.29, 0.717) is 0 Å². The minimum Gasteiger partial charge on any atom is -0.434 e. The molecule has 0 aliphatic carbocycles. The molecule has 0 spiro atoms. The summed E-state index contributed by atoms with van der Waals surface area (Å²) in [7, 11) is 0. The number of rotatable bonds is 2. The van der Waals surface area contributed by atoms with E-state index in [1.165, 1.54) is 22.7 Å². The monoisotopic (exact) mass is 332 g/mol. The summed E-state index contributed by atoms with van der Waals surface area (Å²) in [5.41, 5.74) is 4.87. The van der Waals surface area contributed by atoms with Crippen molar-refractivity contribution in [1.29, 1.82) is 0 Å². The summed E-state index contributed by atoms with van der Waals surface area (Å²) >= 11 is 0. The van der Waals surface area contributed by atoms with E-state index < -0.39 is 29.5 Å². The molecule has 1 aromatic carbocycles. The van der Waals surface area contributed by atoms with Crippen LogP contribution in [0, 0.1) is 5.82 Å². The number of aromatic nitrogens is 2. The molecule has 3 heterocycles. The second kappa shape index (κ2) is 4.78. The Balaban J connectivity index is 1.86. The number of oxazole rings is 1. The van der Waals surface area contributed by atoms with Crippen LogP contribution in [0.3, 0.4) is 0 Å². The third-order valence-electron chi connectivity index (χ3n) is 3.67. The number of primary amides is 1. The van der Waals surface area contributed by atoms with E-state index in [-0.39, 0.29) is 29.2 Å². The first-order valence-electron chi connectivity index (χ1n) is 6.83. The molecule has 24 heavy (non-hydrogen) atoms. The average Bonchev–Trinajstić information content (AvgIpc) is 3.07. The van der Waals surface area contributed by atoms with Crippen molar-refractivity contribution >= 4 is 34.6 Å². The van der Waals surface area contributed by atoms with Gasteiger partial charge in [-0.05, 0) is 0 Å². The third-order valence-corrected chi connectivity index (χ3v) is 3.67. The number of carbonyl (C=O) groups is 2. The predicted octanol–water partition coefficient (Wildman–Crippen LogP) is 0.390. The molecule has 1 fully saturated rings. The van der Waals surface area contributed by atoms with Crippen LogP contribution >= 0.6 is 0 Å². The van der Waals surface area contributed by atoms with Crippen molar-refractivity contribution in [2.45, 2.75) is 6.10 Å². The van der Waals surface area contributed by atoms with E-state index >= 15 is 0 Å². The largest absolute Gasteiger partial charge is 0.434 e. The van der Waals surface area contributed by atoms with Gasteiger partial charge in [0.05, 0.1) is 12.2 Å². The van der Waals surface area contributed by atoms with Gasteiger partial charge in [0.15, 0.2) is 17.5 Å². The molecule has 0 radical (unpaired) electrons. The molecule has 2 amide bonds. The van der Waals surface area contributed by atoms with Gasteiger partial charge in [0.1, 0.15) is 5.52 Å². The zero-order valence-corrected chi connectivity index (χ0v) is 11.9. The Morgan fingerprint density at radius 1 is 1.38 bits per heavy atom. The first-order valence-corrected chi connectivity index (χ1v) is 6.83. The predicted molar refractivity (Wildman–Crippen MR) is 78.0 cm³/mol. The summed E-state index contributed by atoms with van der Waals surface area (Å²) in [5, 5.41) is 0. The molecule has 2 N–H and O–H groups in total. The average molecular weight is 332 g/mol. The highest BCUT2D eigenvalue weighted by molar-refractivity contribution is 5.96. The minimum atomic E-state index is -1.11. The molecule has 9 nitrogen and oxygen atoms in total. The van der Waals surface area contributed by atoms with Crippen molar-refractivity contribution in [1.82, 2.24) is 9.38 Å². The summed E-state index contributed by atoms with van der Waals surface area (Å²) < 4.78 is 26.0. The number of fused-ring (bicyclic) bond motifs is 3. The number of nitrogens with zero attached hydrogens (tertiary/aromatic N) is 3. The zero-order valence-electron chi connectivity index (χ0n) is 11.9. The number of hydrogen-bond donors (Lipinski definition) is 1. The Bertz CT molecular complexity index is 1070. The number of nitrogens with two attached hydrogens (primary N) is 1. The van der Waals surface area contributed by atoms with E-state index in [1.807, 2.05) is 0 Å². The van der Waals surface area contributed by atoms with Crippen LogP contribution in [-0.4, -0.2) is 34.0 Å². The number of anilines is 1.